The van der Waals surface area contributed by atoms with Crippen LogP contribution in [0.5, 0.6) is 0 Å². The summed E-state index contributed by atoms with van der Waals surface area (Å²) in [4.78, 5) is 11.6. The summed E-state index contributed by atoms with van der Waals surface area (Å²) in [5, 5.41) is 0. The van der Waals surface area contributed by atoms with Gasteiger partial charge in [-0.15, -0.1) is 0 Å². The van der Waals surface area contributed by atoms with E-state index in [1.165, 1.54) is 56.1 Å². The second-order valence-corrected chi connectivity index (χ2v) is 7.80. The molecule has 1 aliphatic rings. The van der Waals surface area contributed by atoms with Gasteiger partial charge >= 0.3 is 0 Å². The summed E-state index contributed by atoms with van der Waals surface area (Å²) in [6.07, 6.45) is 10.3. The molecule has 2 nitrogen and oxygen atoms in total. The van der Waals surface area contributed by atoms with E-state index in [9.17, 15) is 4.79 Å². The van der Waals surface area contributed by atoms with Crippen molar-refractivity contribution in [3.05, 3.63) is 70.8 Å². The van der Waals surface area contributed by atoms with Crippen LogP contribution in [-0.2, 0) is 6.42 Å². The Morgan fingerprint density at radius 1 is 1.00 bits per heavy atom. The number of nitrogens with two attached hydrogens (primary N) is 1. The van der Waals surface area contributed by atoms with Gasteiger partial charge in [-0.1, -0.05) is 68.7 Å². The highest BCUT2D eigenvalue weighted by atomic mass is 16.1. The average molecular weight is 350 g/mol. The Bertz CT molecular complexity index is 711. The molecule has 0 heterocycles. The smallest absolute Gasteiger partial charge is 0.248 e. The van der Waals surface area contributed by atoms with Gasteiger partial charge in [0.15, 0.2) is 0 Å². The number of carbonyl (C=O) groups is 1. The van der Waals surface area contributed by atoms with Crippen LogP contribution < -0.4 is 5.73 Å². The summed E-state index contributed by atoms with van der Waals surface area (Å²) in [7, 11) is 0. The van der Waals surface area contributed by atoms with Crippen molar-refractivity contribution in [2.75, 3.05) is 0 Å². The largest absolute Gasteiger partial charge is 0.366 e. The molecule has 0 saturated heterocycles. The number of primary amides is 1. The molecule has 3 rings (SSSR count). The average Bonchev–Trinajstić information content (AvgIpc) is 2.68. The van der Waals surface area contributed by atoms with Gasteiger partial charge in [0.25, 0.3) is 0 Å². The summed E-state index contributed by atoms with van der Waals surface area (Å²) in [5.41, 5.74) is 9.84. The summed E-state index contributed by atoms with van der Waals surface area (Å²) >= 11 is 0. The van der Waals surface area contributed by atoms with Crippen molar-refractivity contribution in [1.29, 1.82) is 0 Å². The summed E-state index contributed by atoms with van der Waals surface area (Å²) in [5.74, 6) is 1.33. The van der Waals surface area contributed by atoms with Crippen LogP contribution in [-0.4, -0.2) is 5.91 Å². The summed E-state index contributed by atoms with van der Waals surface area (Å²) in [6.45, 7) is 2.29. The lowest BCUT2D eigenvalue weighted by Gasteiger charge is -2.29. The first-order valence-electron chi connectivity index (χ1n) is 10.1. The maximum absolute atomic E-state index is 11.6. The monoisotopic (exact) mass is 349 g/mol. The van der Waals surface area contributed by atoms with E-state index in [1.807, 2.05) is 24.3 Å². The predicted octanol–water partition coefficient (Wildman–Crippen LogP) is 5.84. The fourth-order valence-corrected chi connectivity index (χ4v) is 4.32. The van der Waals surface area contributed by atoms with Crippen molar-refractivity contribution in [3.8, 4) is 0 Å². The first-order chi connectivity index (χ1) is 12.7. The Morgan fingerprint density at radius 3 is 2.35 bits per heavy atom. The van der Waals surface area contributed by atoms with Gasteiger partial charge in [0.2, 0.25) is 5.91 Å². The van der Waals surface area contributed by atoms with Crippen LogP contribution in [0.25, 0.3) is 0 Å². The predicted molar refractivity (Wildman–Crippen MR) is 108 cm³/mol. The summed E-state index contributed by atoms with van der Waals surface area (Å²) < 4.78 is 0. The Hall–Kier alpha value is -2.09. The topological polar surface area (TPSA) is 43.1 Å². The van der Waals surface area contributed by atoms with Crippen LogP contribution in [0.3, 0.4) is 0 Å². The molecule has 1 aliphatic carbocycles. The first-order valence-corrected chi connectivity index (χ1v) is 10.1. The molecule has 1 amide bonds. The maximum Gasteiger partial charge on any atom is 0.248 e. The van der Waals surface area contributed by atoms with Crippen LogP contribution in [0.2, 0.25) is 0 Å². The molecular weight excluding hydrogens is 318 g/mol. The van der Waals surface area contributed by atoms with Gasteiger partial charge in [-0.3, -0.25) is 4.79 Å². The zero-order valence-electron chi connectivity index (χ0n) is 15.9. The van der Waals surface area contributed by atoms with Crippen LogP contribution >= 0.6 is 0 Å². The molecule has 138 valence electrons. The van der Waals surface area contributed by atoms with Gasteiger partial charge in [-0.25, -0.2) is 0 Å². The van der Waals surface area contributed by atoms with Gasteiger partial charge in [0, 0.05) is 5.56 Å². The molecule has 0 radical (unpaired) electrons. The van der Waals surface area contributed by atoms with E-state index in [2.05, 4.69) is 31.2 Å². The molecular formula is C24H31NO. The molecule has 0 spiro atoms. The lowest BCUT2D eigenvalue weighted by molar-refractivity contribution is 0.0999. The molecule has 0 unspecified atom stereocenters. The number of benzene rings is 2. The minimum Gasteiger partial charge on any atom is -0.366 e. The highest BCUT2D eigenvalue weighted by Crippen LogP contribution is 2.37. The molecule has 0 aromatic heterocycles. The minimum atomic E-state index is -0.350. The highest BCUT2D eigenvalue weighted by molar-refractivity contribution is 5.94. The quantitative estimate of drug-likeness (QED) is 0.670. The fourth-order valence-electron chi connectivity index (χ4n) is 4.32. The minimum absolute atomic E-state index is 0.350. The number of hydrogen-bond donors (Lipinski definition) is 1. The van der Waals surface area contributed by atoms with Crippen LogP contribution in [0.4, 0.5) is 0 Å². The van der Waals surface area contributed by atoms with E-state index in [1.54, 1.807) is 0 Å². The molecule has 2 aromatic rings. The number of carbonyl (C=O) groups excluding carboxylic acids is 1. The standard InChI is InChI=1S/C24H31NO/c1-2-3-6-18-9-13-20(14-10-18)21-15-11-19(12-16-21)17-22-7-4-5-8-23(22)24(25)26/h4-5,7-8,11-12,15-16,18,20H,2-3,6,9-10,13-14,17H2,1H3,(H2,25,26). The number of amides is 1. The molecule has 2 N–H and O–H groups in total. The third kappa shape index (κ3) is 4.75. The Labute approximate surface area is 157 Å². The van der Waals surface area contributed by atoms with Gasteiger partial charge < -0.3 is 5.73 Å². The van der Waals surface area contributed by atoms with Crippen molar-refractivity contribution >= 4 is 5.91 Å². The Balaban J connectivity index is 1.60. The Kier molecular flexibility index (Phi) is 6.49. The van der Waals surface area contributed by atoms with Crippen LogP contribution in [0.1, 0.15) is 84.8 Å². The molecule has 0 bridgehead atoms. The van der Waals surface area contributed by atoms with E-state index in [0.717, 1.165) is 23.8 Å². The van der Waals surface area contributed by atoms with Gasteiger partial charge in [0.05, 0.1) is 0 Å². The van der Waals surface area contributed by atoms with Gasteiger partial charge in [-0.05, 0) is 66.7 Å². The third-order valence-electron chi connectivity index (χ3n) is 5.94. The lowest BCUT2D eigenvalue weighted by atomic mass is 9.77. The number of rotatable bonds is 7. The van der Waals surface area contributed by atoms with Crippen LogP contribution in [0.15, 0.2) is 48.5 Å². The maximum atomic E-state index is 11.6. The van der Waals surface area contributed by atoms with Gasteiger partial charge in [0.1, 0.15) is 0 Å². The van der Waals surface area contributed by atoms with E-state index >= 15 is 0 Å². The third-order valence-corrected chi connectivity index (χ3v) is 5.94. The molecule has 1 saturated carbocycles. The van der Waals surface area contributed by atoms with E-state index in [-0.39, 0.29) is 5.91 Å². The second kappa shape index (κ2) is 9.02. The molecule has 1 fully saturated rings. The van der Waals surface area contributed by atoms with Crippen LogP contribution in [0, 0.1) is 5.92 Å². The van der Waals surface area contributed by atoms with Gasteiger partial charge in [-0.2, -0.15) is 0 Å². The van der Waals surface area contributed by atoms with E-state index in [4.69, 9.17) is 5.73 Å². The molecule has 0 aliphatic heterocycles. The van der Waals surface area contributed by atoms with Crippen molar-refractivity contribution in [1.82, 2.24) is 0 Å². The second-order valence-electron chi connectivity index (χ2n) is 7.80. The molecule has 0 atom stereocenters. The number of unbranched alkanes of at least 4 members (excludes halogenated alkanes) is 1. The fraction of sp³-hybridized carbons (Fsp3) is 0.458. The highest BCUT2D eigenvalue weighted by Gasteiger charge is 2.21. The molecule has 26 heavy (non-hydrogen) atoms. The SMILES string of the molecule is CCCCC1CCC(c2ccc(Cc3ccccc3C(N)=O)cc2)CC1. The Morgan fingerprint density at radius 2 is 1.69 bits per heavy atom. The van der Waals surface area contributed by atoms with E-state index < -0.39 is 0 Å². The zero-order valence-corrected chi connectivity index (χ0v) is 15.9. The number of hydrogen-bond acceptors (Lipinski definition) is 1. The molecule has 2 aromatic carbocycles. The molecule has 2 heteroatoms. The van der Waals surface area contributed by atoms with Crippen molar-refractivity contribution < 1.29 is 4.79 Å². The van der Waals surface area contributed by atoms with E-state index in [0.29, 0.717) is 5.56 Å². The zero-order chi connectivity index (χ0) is 18.4. The lowest BCUT2D eigenvalue weighted by Crippen LogP contribution is -2.14. The van der Waals surface area contributed by atoms with Crippen molar-refractivity contribution in [2.45, 2.75) is 64.2 Å². The normalized spacial score (nSPS) is 20.0. The van der Waals surface area contributed by atoms with Crippen molar-refractivity contribution in [3.63, 3.8) is 0 Å². The summed E-state index contributed by atoms with van der Waals surface area (Å²) in [6, 6.07) is 16.6. The first kappa shape index (κ1) is 18.7. The van der Waals surface area contributed by atoms with Crippen molar-refractivity contribution in [2.24, 2.45) is 11.7 Å².